The first-order chi connectivity index (χ1) is 12.2. The van der Waals surface area contributed by atoms with E-state index in [2.05, 4.69) is 13.0 Å². The molecule has 4 nitrogen and oxygen atoms in total. The first kappa shape index (κ1) is 18.7. The highest BCUT2D eigenvalue weighted by molar-refractivity contribution is 8.00. The number of carbonyl (C=O) groups excluding carboxylic acids is 1. The van der Waals surface area contributed by atoms with E-state index in [4.69, 9.17) is 9.72 Å². The number of amides is 1. The lowest BCUT2D eigenvalue weighted by Gasteiger charge is -2.25. The summed E-state index contributed by atoms with van der Waals surface area (Å²) in [6.07, 6.45) is 4.53. The van der Waals surface area contributed by atoms with Crippen LogP contribution < -0.4 is 4.90 Å². The molecule has 0 saturated carbocycles. The molecule has 3 rings (SSSR count). The van der Waals surface area contributed by atoms with E-state index >= 15 is 0 Å². The van der Waals surface area contributed by atoms with Crippen molar-refractivity contribution in [2.45, 2.75) is 50.9 Å². The van der Waals surface area contributed by atoms with Crippen LogP contribution in [-0.4, -0.2) is 41.1 Å². The van der Waals surface area contributed by atoms with Gasteiger partial charge in [0.15, 0.2) is 5.13 Å². The summed E-state index contributed by atoms with van der Waals surface area (Å²) in [7, 11) is 0. The van der Waals surface area contributed by atoms with Gasteiger partial charge in [-0.25, -0.2) is 4.98 Å². The summed E-state index contributed by atoms with van der Waals surface area (Å²) in [6, 6.07) is 8.06. The number of fused-ring (bicyclic) bond motifs is 1. The van der Waals surface area contributed by atoms with Crippen LogP contribution in [0.4, 0.5) is 5.13 Å². The maximum atomic E-state index is 13.1. The summed E-state index contributed by atoms with van der Waals surface area (Å²) >= 11 is 3.33. The zero-order valence-corrected chi connectivity index (χ0v) is 16.6. The smallest absolute Gasteiger partial charge is 0.241 e. The SMILES string of the molecule is CCCCSC(C)C(=O)N(CC1CCCO1)c1nc2ccccc2s1. The average molecular weight is 379 g/mol. The fraction of sp³-hybridized carbons (Fsp3) is 0.579. The molecule has 0 radical (unpaired) electrons. The van der Waals surface area contributed by atoms with E-state index in [0.717, 1.165) is 53.4 Å². The molecule has 0 aliphatic carbocycles. The predicted molar refractivity (Wildman–Crippen MR) is 108 cm³/mol. The van der Waals surface area contributed by atoms with Crippen LogP contribution in [0.5, 0.6) is 0 Å². The number of rotatable bonds is 8. The van der Waals surface area contributed by atoms with E-state index in [0.29, 0.717) is 6.54 Å². The Balaban J connectivity index is 1.79. The molecule has 1 aromatic heterocycles. The van der Waals surface area contributed by atoms with E-state index in [1.165, 1.54) is 0 Å². The van der Waals surface area contributed by atoms with Crippen LogP contribution in [-0.2, 0) is 9.53 Å². The van der Waals surface area contributed by atoms with Gasteiger partial charge in [0.25, 0.3) is 0 Å². The van der Waals surface area contributed by atoms with Crippen molar-refractivity contribution in [3.8, 4) is 0 Å². The van der Waals surface area contributed by atoms with E-state index in [-0.39, 0.29) is 17.3 Å². The monoisotopic (exact) mass is 378 g/mol. The lowest BCUT2D eigenvalue weighted by atomic mass is 10.2. The summed E-state index contributed by atoms with van der Waals surface area (Å²) in [4.78, 5) is 19.7. The molecule has 6 heteroatoms. The zero-order valence-electron chi connectivity index (χ0n) is 14.9. The van der Waals surface area contributed by atoms with Gasteiger partial charge < -0.3 is 4.74 Å². The van der Waals surface area contributed by atoms with E-state index < -0.39 is 0 Å². The van der Waals surface area contributed by atoms with Gasteiger partial charge in [-0.15, -0.1) is 11.8 Å². The van der Waals surface area contributed by atoms with Gasteiger partial charge in [0.05, 0.1) is 28.1 Å². The van der Waals surface area contributed by atoms with Crippen molar-refractivity contribution >= 4 is 44.4 Å². The van der Waals surface area contributed by atoms with Crippen molar-refractivity contribution in [3.05, 3.63) is 24.3 Å². The first-order valence-electron chi connectivity index (χ1n) is 9.09. The van der Waals surface area contributed by atoms with E-state index in [1.54, 1.807) is 23.1 Å². The van der Waals surface area contributed by atoms with Gasteiger partial charge in [-0.2, -0.15) is 0 Å². The van der Waals surface area contributed by atoms with Crippen LogP contribution in [0.2, 0.25) is 0 Å². The lowest BCUT2D eigenvalue weighted by molar-refractivity contribution is -0.118. The molecule has 1 aliphatic rings. The van der Waals surface area contributed by atoms with Crippen LogP contribution in [0.15, 0.2) is 24.3 Å². The Morgan fingerprint density at radius 3 is 3.04 bits per heavy atom. The number of hydrogen-bond donors (Lipinski definition) is 0. The molecule has 1 amide bonds. The van der Waals surface area contributed by atoms with Crippen molar-refractivity contribution in [1.82, 2.24) is 4.98 Å². The Kier molecular flexibility index (Phi) is 6.73. The number of thioether (sulfide) groups is 1. The van der Waals surface area contributed by atoms with Gasteiger partial charge >= 0.3 is 0 Å². The normalized spacial score (nSPS) is 18.6. The molecule has 25 heavy (non-hydrogen) atoms. The van der Waals surface area contributed by atoms with Gasteiger partial charge in [0.2, 0.25) is 5.91 Å². The Labute approximate surface area is 158 Å². The van der Waals surface area contributed by atoms with Gasteiger partial charge in [-0.3, -0.25) is 9.69 Å². The molecule has 1 fully saturated rings. The molecular formula is C19H26N2O2S2. The molecule has 1 aromatic carbocycles. The third-order valence-electron chi connectivity index (χ3n) is 4.40. The largest absolute Gasteiger partial charge is 0.376 e. The minimum atomic E-state index is -0.0556. The highest BCUT2D eigenvalue weighted by atomic mass is 32.2. The fourth-order valence-corrected chi connectivity index (χ4v) is 4.98. The number of thiazole rings is 1. The van der Waals surface area contributed by atoms with Crippen molar-refractivity contribution in [2.24, 2.45) is 0 Å². The maximum absolute atomic E-state index is 13.1. The third kappa shape index (κ3) is 4.74. The first-order valence-corrected chi connectivity index (χ1v) is 11.0. The lowest BCUT2D eigenvalue weighted by Crippen LogP contribution is -2.41. The van der Waals surface area contributed by atoms with Crippen LogP contribution in [0, 0.1) is 0 Å². The molecule has 0 N–H and O–H groups in total. The summed E-state index contributed by atoms with van der Waals surface area (Å²) < 4.78 is 6.90. The van der Waals surface area contributed by atoms with Crippen LogP contribution in [0.3, 0.4) is 0 Å². The highest BCUT2D eigenvalue weighted by Crippen LogP contribution is 2.31. The minimum Gasteiger partial charge on any atom is -0.376 e. The average Bonchev–Trinajstić information content (AvgIpc) is 3.28. The molecule has 2 aromatic rings. The second-order valence-electron chi connectivity index (χ2n) is 6.41. The van der Waals surface area contributed by atoms with E-state index in [1.807, 2.05) is 30.0 Å². The number of ether oxygens (including phenoxy) is 1. The molecule has 136 valence electrons. The number of para-hydroxylation sites is 1. The number of benzene rings is 1. The highest BCUT2D eigenvalue weighted by Gasteiger charge is 2.29. The number of carbonyl (C=O) groups is 1. The molecule has 0 bridgehead atoms. The molecule has 1 saturated heterocycles. The molecule has 0 spiro atoms. The number of aromatic nitrogens is 1. The van der Waals surface area contributed by atoms with Crippen molar-refractivity contribution in [3.63, 3.8) is 0 Å². The van der Waals surface area contributed by atoms with Gasteiger partial charge in [0, 0.05) is 6.61 Å². The summed E-state index contributed by atoms with van der Waals surface area (Å²) in [5.41, 5.74) is 0.957. The Bertz CT molecular complexity index is 665. The molecular weight excluding hydrogens is 352 g/mol. The second kappa shape index (κ2) is 9.01. The number of unbranched alkanes of at least 4 members (excludes halogenated alkanes) is 1. The molecule has 2 unspecified atom stereocenters. The van der Waals surface area contributed by atoms with Gasteiger partial charge in [0.1, 0.15) is 0 Å². The second-order valence-corrected chi connectivity index (χ2v) is 8.87. The summed E-state index contributed by atoms with van der Waals surface area (Å²) in [5, 5.41) is 0.740. The van der Waals surface area contributed by atoms with Crippen LogP contribution >= 0.6 is 23.1 Å². The Morgan fingerprint density at radius 1 is 1.48 bits per heavy atom. The van der Waals surface area contributed by atoms with Crippen LogP contribution in [0.25, 0.3) is 10.2 Å². The third-order valence-corrected chi connectivity index (χ3v) is 6.69. The zero-order chi connectivity index (χ0) is 17.6. The van der Waals surface area contributed by atoms with Crippen molar-refractivity contribution < 1.29 is 9.53 Å². The summed E-state index contributed by atoms with van der Waals surface area (Å²) in [6.45, 7) is 5.60. The summed E-state index contributed by atoms with van der Waals surface area (Å²) in [5.74, 6) is 1.17. The molecule has 2 heterocycles. The Hall–Kier alpha value is -1.11. The number of anilines is 1. The Morgan fingerprint density at radius 2 is 2.32 bits per heavy atom. The minimum absolute atomic E-state index is 0.0556. The molecule has 2 atom stereocenters. The van der Waals surface area contributed by atoms with Crippen molar-refractivity contribution in [1.29, 1.82) is 0 Å². The van der Waals surface area contributed by atoms with Crippen molar-refractivity contribution in [2.75, 3.05) is 23.8 Å². The van der Waals surface area contributed by atoms with Gasteiger partial charge in [-0.05, 0) is 44.1 Å². The number of hydrogen-bond acceptors (Lipinski definition) is 5. The maximum Gasteiger partial charge on any atom is 0.241 e. The fourth-order valence-electron chi connectivity index (χ4n) is 2.92. The number of nitrogens with zero attached hydrogens (tertiary/aromatic N) is 2. The quantitative estimate of drug-likeness (QED) is 0.623. The standard InChI is InChI=1S/C19H26N2O2S2/c1-3-4-12-24-14(2)18(22)21(13-15-8-7-11-23-15)19-20-16-9-5-6-10-17(16)25-19/h5-6,9-10,14-15H,3-4,7-8,11-13H2,1-2H3. The van der Waals surface area contributed by atoms with Gasteiger partial charge in [-0.1, -0.05) is 36.8 Å². The van der Waals surface area contributed by atoms with E-state index in [9.17, 15) is 4.79 Å². The molecule has 1 aliphatic heterocycles. The van der Waals surface area contributed by atoms with Crippen LogP contribution in [0.1, 0.15) is 39.5 Å². The predicted octanol–water partition coefficient (Wildman–Crippen LogP) is 4.73. The topological polar surface area (TPSA) is 42.4 Å².